The molecule has 3 aromatic heterocycles. The summed E-state index contributed by atoms with van der Waals surface area (Å²) >= 11 is 0. The van der Waals surface area contributed by atoms with E-state index in [1.807, 2.05) is 49.7 Å². The Kier molecular flexibility index (Phi) is 7.21. The molecule has 1 aliphatic heterocycles. The molecule has 9 heteroatoms. The van der Waals surface area contributed by atoms with E-state index in [1.54, 1.807) is 17.2 Å². The number of likely N-dealkylation sites (tertiary alicyclic amines) is 1. The molecule has 8 nitrogen and oxygen atoms in total. The summed E-state index contributed by atoms with van der Waals surface area (Å²) in [6, 6.07) is 12.5. The molecule has 41 heavy (non-hydrogen) atoms. The molecule has 1 fully saturated rings. The first-order chi connectivity index (χ1) is 19.8. The number of fused-ring (bicyclic) bond motifs is 2. The highest BCUT2D eigenvalue weighted by Gasteiger charge is 2.27. The van der Waals surface area contributed by atoms with Crippen molar-refractivity contribution in [3.63, 3.8) is 0 Å². The van der Waals surface area contributed by atoms with Gasteiger partial charge in [0.25, 0.3) is 5.91 Å². The summed E-state index contributed by atoms with van der Waals surface area (Å²) in [6.45, 7) is 9.09. The third kappa shape index (κ3) is 5.17. The van der Waals surface area contributed by atoms with Crippen molar-refractivity contribution in [2.24, 2.45) is 0 Å². The first-order valence-corrected chi connectivity index (χ1v) is 14.3. The standard InChI is InChI=1S/C32H35FN6O2/c1-4-38(20(2)3)31(40)25-15-23(33)8-10-29(25)39-19-26(24-11-12-34-16-30(24)39)22-6-5-13-37(18-22)17-21-7-9-27-28(14-21)36-32(41)35-27/h7-12,14-16,19-20,22H,4-6,13,17-18H2,1-3H3,(H2,35,36,41). The van der Waals surface area contributed by atoms with E-state index >= 15 is 0 Å². The number of piperidine rings is 1. The van der Waals surface area contributed by atoms with Gasteiger partial charge < -0.3 is 19.4 Å². The Morgan fingerprint density at radius 2 is 1.98 bits per heavy atom. The minimum absolute atomic E-state index is 0.00585. The van der Waals surface area contributed by atoms with Crippen LogP contribution in [0.4, 0.5) is 4.39 Å². The number of imidazole rings is 1. The highest BCUT2D eigenvalue weighted by atomic mass is 19.1. The number of benzene rings is 2. The molecule has 6 rings (SSSR count). The van der Waals surface area contributed by atoms with Crippen LogP contribution >= 0.6 is 0 Å². The molecule has 1 saturated heterocycles. The SMILES string of the molecule is CCN(C(=O)c1cc(F)ccc1-n1cc(C2CCCN(Cc3ccc4[nH]c(=O)[nH]c4c3)C2)c2ccncc21)C(C)C. The fourth-order valence-electron chi connectivity index (χ4n) is 6.30. The highest BCUT2D eigenvalue weighted by Crippen LogP contribution is 2.36. The molecule has 0 bridgehead atoms. The number of aromatic amines is 2. The number of H-pyrrole nitrogens is 2. The number of amides is 1. The van der Waals surface area contributed by atoms with E-state index in [0.29, 0.717) is 17.8 Å². The van der Waals surface area contributed by atoms with Crippen LogP contribution in [-0.4, -0.2) is 60.9 Å². The quantitative estimate of drug-likeness (QED) is 0.275. The Bertz CT molecular complexity index is 1780. The fourth-order valence-corrected chi connectivity index (χ4v) is 6.30. The van der Waals surface area contributed by atoms with Gasteiger partial charge in [0.1, 0.15) is 5.82 Å². The highest BCUT2D eigenvalue weighted by molar-refractivity contribution is 5.99. The van der Waals surface area contributed by atoms with Crippen molar-refractivity contribution < 1.29 is 9.18 Å². The first kappa shape index (κ1) is 27.0. The van der Waals surface area contributed by atoms with Crippen molar-refractivity contribution in [3.8, 4) is 5.69 Å². The average molecular weight is 555 g/mol. The van der Waals surface area contributed by atoms with Crippen LogP contribution in [0.2, 0.25) is 0 Å². The first-order valence-electron chi connectivity index (χ1n) is 14.3. The number of hydrogen-bond donors (Lipinski definition) is 2. The van der Waals surface area contributed by atoms with Gasteiger partial charge in [-0.25, -0.2) is 9.18 Å². The lowest BCUT2D eigenvalue weighted by Gasteiger charge is -2.32. The molecule has 0 aliphatic carbocycles. The van der Waals surface area contributed by atoms with Gasteiger partial charge in [0.05, 0.1) is 34.0 Å². The predicted octanol–water partition coefficient (Wildman–Crippen LogP) is 5.58. The second kappa shape index (κ2) is 11.0. The minimum atomic E-state index is -0.434. The van der Waals surface area contributed by atoms with E-state index in [2.05, 4.69) is 32.1 Å². The van der Waals surface area contributed by atoms with Crippen LogP contribution in [0.3, 0.4) is 0 Å². The second-order valence-electron chi connectivity index (χ2n) is 11.2. The zero-order valence-corrected chi connectivity index (χ0v) is 23.7. The Morgan fingerprint density at radius 3 is 2.78 bits per heavy atom. The lowest BCUT2D eigenvalue weighted by molar-refractivity contribution is 0.0716. The van der Waals surface area contributed by atoms with E-state index in [9.17, 15) is 14.0 Å². The van der Waals surface area contributed by atoms with E-state index in [4.69, 9.17) is 0 Å². The van der Waals surface area contributed by atoms with E-state index in [0.717, 1.165) is 60.0 Å². The molecule has 5 aromatic rings. The van der Waals surface area contributed by atoms with Crippen LogP contribution < -0.4 is 5.69 Å². The van der Waals surface area contributed by atoms with Gasteiger partial charge in [-0.1, -0.05) is 6.07 Å². The summed E-state index contributed by atoms with van der Waals surface area (Å²) < 4.78 is 16.5. The summed E-state index contributed by atoms with van der Waals surface area (Å²) in [4.78, 5) is 39.6. The number of pyridine rings is 1. The maximum atomic E-state index is 14.5. The summed E-state index contributed by atoms with van der Waals surface area (Å²) in [5, 5.41) is 1.09. The Morgan fingerprint density at radius 1 is 1.15 bits per heavy atom. The molecule has 1 atom stereocenters. The van der Waals surface area contributed by atoms with Crippen LogP contribution in [-0.2, 0) is 6.54 Å². The van der Waals surface area contributed by atoms with Crippen molar-refractivity contribution in [2.45, 2.75) is 52.1 Å². The number of halogens is 1. The van der Waals surface area contributed by atoms with Gasteiger partial charge in [0.2, 0.25) is 0 Å². The fraction of sp³-hybridized carbons (Fsp3) is 0.344. The van der Waals surface area contributed by atoms with Gasteiger partial charge in [0.15, 0.2) is 0 Å². The average Bonchev–Trinajstić information content (AvgIpc) is 3.53. The molecule has 1 unspecified atom stereocenters. The maximum absolute atomic E-state index is 14.5. The Hall–Kier alpha value is -4.24. The van der Waals surface area contributed by atoms with Crippen LogP contribution in [0.15, 0.2) is 65.8 Å². The van der Waals surface area contributed by atoms with Gasteiger partial charge in [0, 0.05) is 43.5 Å². The third-order valence-corrected chi connectivity index (χ3v) is 8.24. The van der Waals surface area contributed by atoms with Crippen molar-refractivity contribution in [2.75, 3.05) is 19.6 Å². The topological polar surface area (TPSA) is 90.0 Å². The number of aromatic nitrogens is 4. The van der Waals surface area contributed by atoms with Crippen molar-refractivity contribution in [3.05, 3.63) is 94.0 Å². The molecule has 1 amide bonds. The smallest absolute Gasteiger partial charge is 0.323 e. The minimum Gasteiger partial charge on any atom is -0.336 e. The van der Waals surface area contributed by atoms with Crippen LogP contribution in [0.25, 0.3) is 27.6 Å². The zero-order valence-electron chi connectivity index (χ0n) is 23.7. The Balaban J connectivity index is 1.34. The lowest BCUT2D eigenvalue weighted by Crippen LogP contribution is -2.37. The summed E-state index contributed by atoms with van der Waals surface area (Å²) in [7, 11) is 0. The van der Waals surface area contributed by atoms with Gasteiger partial charge in [-0.3, -0.25) is 14.7 Å². The van der Waals surface area contributed by atoms with E-state index in [1.165, 1.54) is 17.7 Å². The number of carbonyl (C=O) groups excluding carboxylic acids is 1. The van der Waals surface area contributed by atoms with Crippen LogP contribution in [0.1, 0.15) is 61.0 Å². The number of nitrogens with zero attached hydrogens (tertiary/aromatic N) is 4. The molecule has 0 spiro atoms. The monoisotopic (exact) mass is 554 g/mol. The molecule has 2 aromatic carbocycles. The summed E-state index contributed by atoms with van der Waals surface area (Å²) in [5.41, 5.74) is 5.69. The zero-order chi connectivity index (χ0) is 28.7. The second-order valence-corrected chi connectivity index (χ2v) is 11.2. The molecule has 1 aliphatic rings. The Labute approximate surface area is 237 Å². The number of hydrogen-bond acceptors (Lipinski definition) is 4. The van der Waals surface area contributed by atoms with Gasteiger partial charge in [-0.15, -0.1) is 0 Å². The van der Waals surface area contributed by atoms with Crippen LogP contribution in [0.5, 0.6) is 0 Å². The molecular weight excluding hydrogens is 519 g/mol. The molecule has 0 radical (unpaired) electrons. The molecule has 0 saturated carbocycles. The third-order valence-electron chi connectivity index (χ3n) is 8.24. The number of rotatable bonds is 7. The van der Waals surface area contributed by atoms with Gasteiger partial charge in [-0.2, -0.15) is 0 Å². The summed E-state index contributed by atoms with van der Waals surface area (Å²) in [6.07, 6.45) is 7.86. The van der Waals surface area contributed by atoms with Crippen molar-refractivity contribution in [1.82, 2.24) is 29.3 Å². The van der Waals surface area contributed by atoms with Gasteiger partial charge >= 0.3 is 5.69 Å². The maximum Gasteiger partial charge on any atom is 0.323 e. The predicted molar refractivity (Wildman–Crippen MR) is 159 cm³/mol. The van der Waals surface area contributed by atoms with E-state index < -0.39 is 5.82 Å². The van der Waals surface area contributed by atoms with Crippen LogP contribution in [0, 0.1) is 5.82 Å². The number of carbonyl (C=O) groups is 1. The largest absolute Gasteiger partial charge is 0.336 e. The molecular formula is C32H35FN6O2. The van der Waals surface area contributed by atoms with Crippen molar-refractivity contribution in [1.29, 1.82) is 0 Å². The van der Waals surface area contributed by atoms with E-state index in [-0.39, 0.29) is 23.6 Å². The molecule has 2 N–H and O–H groups in total. The van der Waals surface area contributed by atoms with Crippen molar-refractivity contribution >= 4 is 27.8 Å². The molecule has 4 heterocycles. The number of nitrogens with one attached hydrogen (secondary N) is 2. The summed E-state index contributed by atoms with van der Waals surface area (Å²) in [5.74, 6) is -0.335. The normalized spacial score (nSPS) is 16.2. The van der Waals surface area contributed by atoms with Gasteiger partial charge in [-0.05, 0) is 93.6 Å². The lowest BCUT2D eigenvalue weighted by atomic mass is 9.90. The molecule has 212 valence electrons.